The lowest BCUT2D eigenvalue weighted by atomic mass is 10.3. The molecule has 1 N–H and O–H groups in total. The summed E-state index contributed by atoms with van der Waals surface area (Å²) in [6.45, 7) is 7.44. The Morgan fingerprint density at radius 3 is 2.90 bits per heavy atom. The third kappa shape index (κ3) is 3.76. The van der Waals surface area contributed by atoms with Crippen molar-refractivity contribution in [1.82, 2.24) is 14.9 Å². The Hall–Kier alpha value is -1.00. The molecule has 1 unspecified atom stereocenters. The molecule has 3 nitrogen and oxygen atoms in total. The molecule has 1 heterocycles. The summed E-state index contributed by atoms with van der Waals surface area (Å²) in [6, 6.07) is 8.41. The second kappa shape index (κ2) is 7.70. The van der Waals surface area contributed by atoms with E-state index in [0.29, 0.717) is 0 Å². The molecule has 110 valence electrons. The Morgan fingerprint density at radius 2 is 2.15 bits per heavy atom. The topological polar surface area (TPSA) is 29.9 Å². The first-order valence-corrected chi connectivity index (χ1v) is 8.72. The molecule has 0 bridgehead atoms. The van der Waals surface area contributed by atoms with Crippen LogP contribution in [0.4, 0.5) is 0 Å². The van der Waals surface area contributed by atoms with Crippen molar-refractivity contribution < 1.29 is 0 Å². The number of hydrogen-bond acceptors (Lipinski definition) is 3. The third-order valence-corrected chi connectivity index (χ3v) is 4.63. The van der Waals surface area contributed by atoms with Crippen LogP contribution in [0.2, 0.25) is 0 Å². The number of thioether (sulfide) groups is 1. The predicted octanol–water partition coefficient (Wildman–Crippen LogP) is 3.68. The van der Waals surface area contributed by atoms with Crippen LogP contribution in [0.25, 0.3) is 11.0 Å². The first-order chi connectivity index (χ1) is 9.76. The van der Waals surface area contributed by atoms with Gasteiger partial charge >= 0.3 is 0 Å². The molecule has 0 aliphatic carbocycles. The number of rotatable bonds is 8. The Labute approximate surface area is 126 Å². The van der Waals surface area contributed by atoms with Gasteiger partial charge in [0.2, 0.25) is 0 Å². The lowest BCUT2D eigenvalue weighted by Crippen LogP contribution is -2.20. The third-order valence-electron chi connectivity index (χ3n) is 3.59. The Balaban J connectivity index is 2.03. The van der Waals surface area contributed by atoms with E-state index in [0.717, 1.165) is 42.6 Å². The summed E-state index contributed by atoms with van der Waals surface area (Å²) in [5.74, 6) is 1.16. The molecule has 0 aliphatic heterocycles. The zero-order chi connectivity index (χ0) is 14.4. The maximum atomic E-state index is 4.76. The molecule has 0 saturated carbocycles. The molecule has 2 rings (SSSR count). The SMILES string of the molecule is CCCn1c(CNCCC(C)SC)nc2ccccc21. The molecule has 0 fully saturated rings. The average molecular weight is 291 g/mol. The molecule has 0 saturated heterocycles. The highest BCUT2D eigenvalue weighted by Crippen LogP contribution is 2.16. The largest absolute Gasteiger partial charge is 0.327 e. The smallest absolute Gasteiger partial charge is 0.123 e. The second-order valence-corrected chi connectivity index (χ2v) is 6.46. The minimum absolute atomic E-state index is 0.719. The molecule has 0 aliphatic rings. The molecule has 1 aromatic carbocycles. The maximum absolute atomic E-state index is 4.76. The summed E-state index contributed by atoms with van der Waals surface area (Å²) in [5.41, 5.74) is 2.36. The molecule has 2 aromatic rings. The van der Waals surface area contributed by atoms with Crippen LogP contribution in [0.5, 0.6) is 0 Å². The molecule has 1 atom stereocenters. The summed E-state index contributed by atoms with van der Waals surface area (Å²) in [5, 5.41) is 4.25. The van der Waals surface area contributed by atoms with Crippen LogP contribution >= 0.6 is 11.8 Å². The van der Waals surface area contributed by atoms with Crippen LogP contribution in [-0.4, -0.2) is 27.6 Å². The van der Waals surface area contributed by atoms with Crippen molar-refractivity contribution in [2.45, 2.75) is 45.0 Å². The van der Waals surface area contributed by atoms with E-state index >= 15 is 0 Å². The van der Waals surface area contributed by atoms with Gasteiger partial charge in [-0.25, -0.2) is 4.98 Å². The van der Waals surface area contributed by atoms with Gasteiger partial charge in [0, 0.05) is 11.8 Å². The van der Waals surface area contributed by atoms with Gasteiger partial charge in [0.25, 0.3) is 0 Å². The molecule has 4 heteroatoms. The summed E-state index contributed by atoms with van der Waals surface area (Å²) >= 11 is 1.93. The fraction of sp³-hybridized carbons (Fsp3) is 0.562. The van der Waals surface area contributed by atoms with E-state index in [4.69, 9.17) is 4.98 Å². The van der Waals surface area contributed by atoms with Gasteiger partial charge in [-0.2, -0.15) is 11.8 Å². The van der Waals surface area contributed by atoms with Crippen molar-refractivity contribution in [3.63, 3.8) is 0 Å². The Morgan fingerprint density at radius 1 is 1.35 bits per heavy atom. The van der Waals surface area contributed by atoms with Crippen LogP contribution in [0.3, 0.4) is 0 Å². The molecular weight excluding hydrogens is 266 g/mol. The van der Waals surface area contributed by atoms with E-state index in [9.17, 15) is 0 Å². The fourth-order valence-corrected chi connectivity index (χ4v) is 2.71. The van der Waals surface area contributed by atoms with Crippen LogP contribution in [0.15, 0.2) is 24.3 Å². The Kier molecular flexibility index (Phi) is 5.92. The lowest BCUT2D eigenvalue weighted by molar-refractivity contribution is 0.586. The van der Waals surface area contributed by atoms with Gasteiger partial charge in [0.05, 0.1) is 17.6 Å². The summed E-state index contributed by atoms with van der Waals surface area (Å²) in [7, 11) is 0. The number of aromatic nitrogens is 2. The average Bonchev–Trinajstić information content (AvgIpc) is 2.82. The minimum atomic E-state index is 0.719. The number of hydrogen-bond donors (Lipinski definition) is 1. The molecule has 20 heavy (non-hydrogen) atoms. The number of nitrogens with zero attached hydrogens (tertiary/aromatic N) is 2. The zero-order valence-corrected chi connectivity index (χ0v) is 13.5. The Bertz CT molecular complexity index is 536. The van der Waals surface area contributed by atoms with Crippen molar-refractivity contribution in [3.8, 4) is 0 Å². The van der Waals surface area contributed by atoms with E-state index in [1.807, 2.05) is 11.8 Å². The number of aryl methyl sites for hydroxylation is 1. The van der Waals surface area contributed by atoms with Gasteiger partial charge < -0.3 is 9.88 Å². The van der Waals surface area contributed by atoms with E-state index in [2.05, 4.69) is 54.3 Å². The van der Waals surface area contributed by atoms with Gasteiger partial charge in [0.1, 0.15) is 5.82 Å². The highest BCUT2D eigenvalue weighted by atomic mass is 32.2. The maximum Gasteiger partial charge on any atom is 0.123 e. The van der Waals surface area contributed by atoms with Gasteiger partial charge in [-0.15, -0.1) is 0 Å². The predicted molar refractivity (Wildman–Crippen MR) is 89.3 cm³/mol. The first kappa shape index (κ1) is 15.4. The number of benzene rings is 1. The van der Waals surface area contributed by atoms with Crippen molar-refractivity contribution >= 4 is 22.8 Å². The van der Waals surface area contributed by atoms with E-state index < -0.39 is 0 Å². The van der Waals surface area contributed by atoms with Gasteiger partial charge in [0.15, 0.2) is 0 Å². The minimum Gasteiger partial charge on any atom is -0.327 e. The van der Waals surface area contributed by atoms with E-state index in [1.165, 1.54) is 11.9 Å². The van der Waals surface area contributed by atoms with Gasteiger partial charge in [-0.3, -0.25) is 0 Å². The molecule has 0 radical (unpaired) electrons. The second-order valence-electron chi connectivity index (χ2n) is 5.18. The summed E-state index contributed by atoms with van der Waals surface area (Å²) < 4.78 is 2.35. The molecular formula is C16H25N3S. The van der Waals surface area contributed by atoms with Crippen LogP contribution in [0, 0.1) is 0 Å². The standard InChI is InChI=1S/C16H25N3S/c1-4-11-19-15-8-6-5-7-14(15)18-16(19)12-17-10-9-13(2)20-3/h5-8,13,17H,4,9-12H2,1-3H3. The van der Waals surface area contributed by atoms with Crippen LogP contribution in [-0.2, 0) is 13.1 Å². The number of nitrogens with one attached hydrogen (secondary N) is 1. The number of para-hydroxylation sites is 2. The monoisotopic (exact) mass is 291 g/mol. The van der Waals surface area contributed by atoms with Crippen molar-refractivity contribution in [3.05, 3.63) is 30.1 Å². The van der Waals surface area contributed by atoms with E-state index in [-0.39, 0.29) is 0 Å². The van der Waals surface area contributed by atoms with Crippen molar-refractivity contribution in [2.75, 3.05) is 12.8 Å². The van der Waals surface area contributed by atoms with Crippen LogP contribution < -0.4 is 5.32 Å². The van der Waals surface area contributed by atoms with E-state index in [1.54, 1.807) is 0 Å². The lowest BCUT2D eigenvalue weighted by Gasteiger charge is -2.10. The van der Waals surface area contributed by atoms with Crippen molar-refractivity contribution in [2.24, 2.45) is 0 Å². The quantitative estimate of drug-likeness (QED) is 0.753. The first-order valence-electron chi connectivity index (χ1n) is 7.44. The number of fused-ring (bicyclic) bond motifs is 1. The molecule has 1 aromatic heterocycles. The fourth-order valence-electron chi connectivity index (χ4n) is 2.36. The highest BCUT2D eigenvalue weighted by Gasteiger charge is 2.09. The normalized spacial score (nSPS) is 12.9. The van der Waals surface area contributed by atoms with Gasteiger partial charge in [-0.05, 0) is 37.8 Å². The van der Waals surface area contributed by atoms with Crippen molar-refractivity contribution in [1.29, 1.82) is 0 Å². The van der Waals surface area contributed by atoms with Gasteiger partial charge in [-0.1, -0.05) is 26.0 Å². The summed E-state index contributed by atoms with van der Waals surface area (Å²) in [4.78, 5) is 4.76. The van der Waals surface area contributed by atoms with Crippen LogP contribution in [0.1, 0.15) is 32.5 Å². The summed E-state index contributed by atoms with van der Waals surface area (Å²) in [6.07, 6.45) is 4.51. The zero-order valence-electron chi connectivity index (χ0n) is 12.7. The molecule has 0 spiro atoms. The molecule has 0 amide bonds. The highest BCUT2D eigenvalue weighted by molar-refractivity contribution is 7.99. The number of imidazole rings is 1.